The van der Waals surface area contributed by atoms with Crippen molar-refractivity contribution < 1.29 is 19.4 Å². The Kier molecular flexibility index (Phi) is 6.96. The summed E-state index contributed by atoms with van der Waals surface area (Å²) in [6, 6.07) is 19.3. The highest BCUT2D eigenvalue weighted by Crippen LogP contribution is 2.30. The number of ether oxygens (including phenoxy) is 2. The van der Waals surface area contributed by atoms with E-state index in [0.29, 0.717) is 42.4 Å². The summed E-state index contributed by atoms with van der Waals surface area (Å²) in [4.78, 5) is 11.3. The molecule has 2 N–H and O–H groups in total. The van der Waals surface area contributed by atoms with Gasteiger partial charge < -0.3 is 19.9 Å². The lowest BCUT2D eigenvalue weighted by atomic mass is 10.1. The lowest BCUT2D eigenvalue weighted by Gasteiger charge is -2.15. The van der Waals surface area contributed by atoms with Gasteiger partial charge in [0.15, 0.2) is 11.5 Å². The zero-order valence-corrected chi connectivity index (χ0v) is 17.6. The smallest absolute Gasteiger partial charge is 0.336 e. The largest absolute Gasteiger partial charge is 0.490 e. The molecule has 3 rings (SSSR count). The van der Waals surface area contributed by atoms with E-state index in [4.69, 9.17) is 9.47 Å². The van der Waals surface area contributed by atoms with Gasteiger partial charge in [-0.1, -0.05) is 42.0 Å². The van der Waals surface area contributed by atoms with Gasteiger partial charge in [0, 0.05) is 12.2 Å². The Balaban J connectivity index is 1.72. The molecular formula is C25H27NO4. The van der Waals surface area contributed by atoms with E-state index in [0.717, 1.165) is 16.8 Å². The van der Waals surface area contributed by atoms with Gasteiger partial charge in [-0.15, -0.1) is 0 Å². The van der Waals surface area contributed by atoms with Crippen molar-refractivity contribution >= 4 is 11.7 Å². The molecule has 0 aliphatic carbocycles. The maximum Gasteiger partial charge on any atom is 0.336 e. The van der Waals surface area contributed by atoms with Crippen LogP contribution in [0, 0.1) is 13.8 Å². The molecule has 0 aliphatic rings. The lowest BCUT2D eigenvalue weighted by molar-refractivity contribution is 0.0696. The molecule has 0 heterocycles. The molecule has 0 fully saturated rings. The highest BCUT2D eigenvalue weighted by molar-refractivity contribution is 5.91. The van der Waals surface area contributed by atoms with Gasteiger partial charge in [0.05, 0.1) is 12.2 Å². The average Bonchev–Trinajstić information content (AvgIpc) is 2.72. The zero-order valence-electron chi connectivity index (χ0n) is 17.6. The fraction of sp³-hybridized carbons (Fsp3) is 0.240. The summed E-state index contributed by atoms with van der Waals surface area (Å²) < 4.78 is 11.8. The van der Waals surface area contributed by atoms with Crippen molar-refractivity contribution in [1.82, 2.24) is 0 Å². The molecule has 0 saturated heterocycles. The minimum absolute atomic E-state index is 0.301. The number of aryl methyl sites for hydroxylation is 1. The van der Waals surface area contributed by atoms with Crippen molar-refractivity contribution in [2.24, 2.45) is 0 Å². The standard InChI is InChI=1S/C25H27NO4/c1-4-29-24-14-19(15-26-22-10-6-9-21(18(22)3)25(27)28)11-12-23(24)30-16-20-8-5-7-17(2)13-20/h5-14,26H,4,15-16H2,1-3H3,(H,27,28). The second-order valence-corrected chi connectivity index (χ2v) is 7.13. The predicted octanol–water partition coefficient (Wildman–Crippen LogP) is 5.59. The molecule has 0 amide bonds. The molecule has 0 atom stereocenters. The lowest BCUT2D eigenvalue weighted by Crippen LogP contribution is -2.06. The van der Waals surface area contributed by atoms with Crippen LogP contribution in [0.2, 0.25) is 0 Å². The van der Waals surface area contributed by atoms with E-state index in [1.54, 1.807) is 19.1 Å². The maximum atomic E-state index is 11.3. The summed E-state index contributed by atoms with van der Waals surface area (Å²) >= 11 is 0. The number of anilines is 1. The molecule has 0 spiro atoms. The monoisotopic (exact) mass is 405 g/mol. The Morgan fingerprint density at radius 1 is 0.933 bits per heavy atom. The molecular weight excluding hydrogens is 378 g/mol. The van der Waals surface area contributed by atoms with Crippen LogP contribution in [-0.2, 0) is 13.2 Å². The second-order valence-electron chi connectivity index (χ2n) is 7.13. The normalized spacial score (nSPS) is 10.5. The van der Waals surface area contributed by atoms with Crippen LogP contribution in [0.25, 0.3) is 0 Å². The minimum Gasteiger partial charge on any atom is -0.490 e. The molecule has 0 saturated carbocycles. The van der Waals surface area contributed by atoms with Crippen LogP contribution in [0.5, 0.6) is 11.5 Å². The van der Waals surface area contributed by atoms with Crippen molar-refractivity contribution in [3.8, 4) is 11.5 Å². The second kappa shape index (κ2) is 9.83. The number of carboxylic acid groups (broad SMARTS) is 1. The van der Waals surface area contributed by atoms with Gasteiger partial charge in [-0.3, -0.25) is 0 Å². The zero-order chi connectivity index (χ0) is 21.5. The summed E-state index contributed by atoms with van der Waals surface area (Å²) in [7, 11) is 0. The first kappa shape index (κ1) is 21.2. The molecule has 0 aliphatic heterocycles. The van der Waals surface area contributed by atoms with E-state index >= 15 is 0 Å². The van der Waals surface area contributed by atoms with Gasteiger partial charge in [0.25, 0.3) is 0 Å². The number of benzene rings is 3. The Labute approximate surface area is 177 Å². The van der Waals surface area contributed by atoms with Gasteiger partial charge >= 0.3 is 5.97 Å². The number of rotatable bonds is 9. The first-order valence-corrected chi connectivity index (χ1v) is 9.98. The summed E-state index contributed by atoms with van der Waals surface area (Å²) in [5.74, 6) is 0.469. The van der Waals surface area contributed by atoms with E-state index < -0.39 is 5.97 Å². The number of hydrogen-bond acceptors (Lipinski definition) is 4. The van der Waals surface area contributed by atoms with Gasteiger partial charge in [-0.05, 0) is 61.7 Å². The van der Waals surface area contributed by atoms with Gasteiger partial charge in [0.2, 0.25) is 0 Å². The molecule has 5 nitrogen and oxygen atoms in total. The molecule has 3 aromatic rings. The topological polar surface area (TPSA) is 67.8 Å². The molecule has 0 bridgehead atoms. The molecule has 5 heteroatoms. The maximum absolute atomic E-state index is 11.3. The van der Waals surface area contributed by atoms with Crippen LogP contribution in [0.1, 0.15) is 39.5 Å². The van der Waals surface area contributed by atoms with Crippen molar-refractivity contribution in [3.63, 3.8) is 0 Å². The van der Waals surface area contributed by atoms with Crippen molar-refractivity contribution in [1.29, 1.82) is 0 Å². The number of carboxylic acids is 1. The molecule has 0 aromatic heterocycles. The number of aromatic carboxylic acids is 1. The summed E-state index contributed by atoms with van der Waals surface area (Å²) in [6.45, 7) is 7.36. The highest BCUT2D eigenvalue weighted by atomic mass is 16.5. The average molecular weight is 405 g/mol. The van der Waals surface area contributed by atoms with Gasteiger partial charge in [-0.25, -0.2) is 4.79 Å². The van der Waals surface area contributed by atoms with Crippen molar-refractivity contribution in [2.45, 2.75) is 33.9 Å². The molecule has 30 heavy (non-hydrogen) atoms. The van der Waals surface area contributed by atoms with Crippen LogP contribution >= 0.6 is 0 Å². The first-order valence-electron chi connectivity index (χ1n) is 9.98. The Hall–Kier alpha value is -3.47. The van der Waals surface area contributed by atoms with E-state index in [9.17, 15) is 9.90 Å². The number of carbonyl (C=O) groups is 1. The van der Waals surface area contributed by atoms with Crippen LogP contribution in [0.3, 0.4) is 0 Å². The van der Waals surface area contributed by atoms with Crippen molar-refractivity contribution in [2.75, 3.05) is 11.9 Å². The number of nitrogens with one attached hydrogen (secondary N) is 1. The van der Waals surface area contributed by atoms with Crippen LogP contribution in [0.4, 0.5) is 5.69 Å². The summed E-state index contributed by atoms with van der Waals surface area (Å²) in [5, 5.41) is 12.6. The fourth-order valence-corrected chi connectivity index (χ4v) is 3.27. The third kappa shape index (κ3) is 5.32. The third-order valence-corrected chi connectivity index (χ3v) is 4.83. The summed E-state index contributed by atoms with van der Waals surface area (Å²) in [6.07, 6.45) is 0. The first-order chi connectivity index (χ1) is 14.5. The Morgan fingerprint density at radius 2 is 1.73 bits per heavy atom. The van der Waals surface area contributed by atoms with Gasteiger partial charge in [-0.2, -0.15) is 0 Å². The predicted molar refractivity (Wildman–Crippen MR) is 119 cm³/mol. The van der Waals surface area contributed by atoms with Gasteiger partial charge in [0.1, 0.15) is 6.61 Å². The van der Waals surface area contributed by atoms with Crippen molar-refractivity contribution in [3.05, 3.63) is 88.5 Å². The molecule has 0 radical (unpaired) electrons. The quantitative estimate of drug-likeness (QED) is 0.486. The van der Waals surface area contributed by atoms with E-state index in [1.807, 2.05) is 43.3 Å². The third-order valence-electron chi connectivity index (χ3n) is 4.83. The van der Waals surface area contributed by atoms with E-state index in [1.165, 1.54) is 5.56 Å². The highest BCUT2D eigenvalue weighted by Gasteiger charge is 2.11. The fourth-order valence-electron chi connectivity index (χ4n) is 3.27. The Bertz CT molecular complexity index is 1030. The van der Waals surface area contributed by atoms with E-state index in [-0.39, 0.29) is 0 Å². The van der Waals surface area contributed by atoms with E-state index in [2.05, 4.69) is 24.4 Å². The molecule has 156 valence electrons. The molecule has 3 aromatic carbocycles. The van der Waals surface area contributed by atoms with Crippen LogP contribution in [-0.4, -0.2) is 17.7 Å². The minimum atomic E-state index is -0.926. The number of hydrogen-bond donors (Lipinski definition) is 2. The van der Waals surface area contributed by atoms with Crippen LogP contribution < -0.4 is 14.8 Å². The summed E-state index contributed by atoms with van der Waals surface area (Å²) in [5.41, 5.74) is 5.14. The SMILES string of the molecule is CCOc1cc(CNc2cccc(C(=O)O)c2C)ccc1OCc1cccc(C)c1. The Morgan fingerprint density at radius 3 is 2.47 bits per heavy atom. The molecule has 0 unspecified atom stereocenters. The van der Waals surface area contributed by atoms with Crippen LogP contribution in [0.15, 0.2) is 60.7 Å².